The molecule has 4 N–H and O–H groups in total. The predicted octanol–water partition coefficient (Wildman–Crippen LogP) is 4.98. The number of rotatable bonds is 8. The smallest absolute Gasteiger partial charge is 0.224 e. The standard InChI is InChI=1S/C27H32ClN5O2/c28-27-21-15-19(31-25(34)11-7-17-3-1-13-29-17)5-9-23(21)33-24-10-6-20(16-22(24)27)32-26(35)12-8-18-4-2-14-30-18/h5-6,9-10,15-18,29-30H,1-4,7-8,11-14H2,(H,31,34)(H,32,35). The lowest BCUT2D eigenvalue weighted by Crippen LogP contribution is -2.23. The van der Waals surface area contributed by atoms with Crippen molar-refractivity contribution in [2.24, 2.45) is 0 Å². The van der Waals surface area contributed by atoms with Crippen molar-refractivity contribution in [2.75, 3.05) is 23.7 Å². The molecule has 2 saturated heterocycles. The molecule has 3 heterocycles. The van der Waals surface area contributed by atoms with E-state index >= 15 is 0 Å². The number of nitrogens with zero attached hydrogens (tertiary/aromatic N) is 1. The van der Waals surface area contributed by atoms with Crippen molar-refractivity contribution in [3.63, 3.8) is 0 Å². The van der Waals surface area contributed by atoms with Gasteiger partial charge in [-0.3, -0.25) is 9.59 Å². The number of fused-ring (bicyclic) bond motifs is 2. The van der Waals surface area contributed by atoms with E-state index in [-0.39, 0.29) is 11.8 Å². The zero-order valence-electron chi connectivity index (χ0n) is 19.8. The summed E-state index contributed by atoms with van der Waals surface area (Å²) in [5, 5.41) is 14.9. The Hall–Kier alpha value is -2.74. The minimum Gasteiger partial charge on any atom is -0.326 e. The first-order valence-corrected chi connectivity index (χ1v) is 13.0. The van der Waals surface area contributed by atoms with Crippen LogP contribution < -0.4 is 21.3 Å². The van der Waals surface area contributed by atoms with E-state index in [9.17, 15) is 9.59 Å². The minimum absolute atomic E-state index is 0.000670. The fourth-order valence-corrected chi connectivity index (χ4v) is 5.42. The number of carbonyl (C=O) groups excluding carboxylic acids is 2. The molecule has 8 heteroatoms. The Morgan fingerprint density at radius 1 is 0.829 bits per heavy atom. The van der Waals surface area contributed by atoms with Gasteiger partial charge in [-0.05, 0) is 88.0 Å². The van der Waals surface area contributed by atoms with E-state index in [0.717, 1.165) is 60.6 Å². The van der Waals surface area contributed by atoms with Crippen molar-refractivity contribution in [1.29, 1.82) is 0 Å². The lowest BCUT2D eigenvalue weighted by atomic mass is 10.1. The number of anilines is 2. The number of hydrogen-bond acceptors (Lipinski definition) is 5. The molecule has 1 aromatic heterocycles. The van der Waals surface area contributed by atoms with Gasteiger partial charge in [0, 0.05) is 47.1 Å². The normalized spacial score (nSPS) is 19.9. The summed E-state index contributed by atoms with van der Waals surface area (Å²) < 4.78 is 0. The van der Waals surface area contributed by atoms with Gasteiger partial charge in [-0.15, -0.1) is 0 Å². The Labute approximate surface area is 210 Å². The molecule has 3 aromatic rings. The van der Waals surface area contributed by atoms with Gasteiger partial charge in [0.25, 0.3) is 0 Å². The maximum absolute atomic E-state index is 12.5. The predicted molar refractivity (Wildman–Crippen MR) is 142 cm³/mol. The van der Waals surface area contributed by atoms with Crippen LogP contribution in [-0.4, -0.2) is 42.0 Å². The van der Waals surface area contributed by atoms with Crippen LogP contribution >= 0.6 is 11.6 Å². The molecule has 2 fully saturated rings. The fraction of sp³-hybridized carbons (Fsp3) is 0.444. The van der Waals surface area contributed by atoms with Crippen molar-refractivity contribution in [3.05, 3.63) is 41.4 Å². The van der Waals surface area contributed by atoms with Crippen LogP contribution in [0.15, 0.2) is 36.4 Å². The lowest BCUT2D eigenvalue weighted by molar-refractivity contribution is -0.117. The maximum atomic E-state index is 12.5. The van der Waals surface area contributed by atoms with Gasteiger partial charge in [0.2, 0.25) is 11.8 Å². The largest absolute Gasteiger partial charge is 0.326 e. The number of carbonyl (C=O) groups is 2. The summed E-state index contributed by atoms with van der Waals surface area (Å²) in [4.78, 5) is 29.6. The van der Waals surface area contributed by atoms with Crippen molar-refractivity contribution < 1.29 is 9.59 Å². The molecule has 5 rings (SSSR count). The average Bonchev–Trinajstić information content (AvgIpc) is 3.57. The van der Waals surface area contributed by atoms with Crippen LogP contribution in [0.5, 0.6) is 0 Å². The van der Waals surface area contributed by atoms with Crippen LogP contribution in [0.2, 0.25) is 5.02 Å². The summed E-state index contributed by atoms with van der Waals surface area (Å²) in [7, 11) is 0. The fourth-order valence-electron chi connectivity index (χ4n) is 5.11. The first kappa shape index (κ1) is 24.0. The van der Waals surface area contributed by atoms with E-state index in [0.29, 0.717) is 41.3 Å². The Morgan fingerprint density at radius 2 is 1.31 bits per heavy atom. The number of nitrogens with one attached hydrogen (secondary N) is 4. The molecule has 0 radical (unpaired) electrons. The molecule has 0 spiro atoms. The van der Waals surface area contributed by atoms with E-state index in [1.807, 2.05) is 36.4 Å². The molecule has 2 amide bonds. The molecule has 35 heavy (non-hydrogen) atoms. The zero-order chi connectivity index (χ0) is 24.2. The van der Waals surface area contributed by atoms with E-state index in [2.05, 4.69) is 21.3 Å². The maximum Gasteiger partial charge on any atom is 0.224 e. The van der Waals surface area contributed by atoms with Crippen LogP contribution in [0.25, 0.3) is 21.8 Å². The summed E-state index contributed by atoms with van der Waals surface area (Å²) in [6, 6.07) is 12.1. The number of benzene rings is 2. The van der Waals surface area contributed by atoms with Crippen molar-refractivity contribution >= 4 is 56.6 Å². The summed E-state index contributed by atoms with van der Waals surface area (Å²) >= 11 is 6.80. The van der Waals surface area contributed by atoms with Gasteiger partial charge in [0.05, 0.1) is 16.1 Å². The second kappa shape index (κ2) is 10.9. The number of halogens is 1. The summed E-state index contributed by atoms with van der Waals surface area (Å²) in [5.41, 5.74) is 2.93. The van der Waals surface area contributed by atoms with Crippen LogP contribution in [0.4, 0.5) is 11.4 Å². The quantitative estimate of drug-likeness (QED) is 0.332. The van der Waals surface area contributed by atoms with Gasteiger partial charge in [0.15, 0.2) is 0 Å². The van der Waals surface area contributed by atoms with Gasteiger partial charge in [0.1, 0.15) is 0 Å². The SMILES string of the molecule is O=C(CCC1CCCN1)Nc1ccc2nc3ccc(NC(=O)CCC4CCCN4)cc3c(Cl)c2c1. The number of aromatic nitrogens is 1. The second-order valence-corrected chi connectivity index (χ2v) is 10.0. The Bertz CT molecular complexity index is 1140. The Kier molecular flexibility index (Phi) is 7.46. The topological polar surface area (TPSA) is 95.2 Å². The van der Waals surface area contributed by atoms with E-state index < -0.39 is 0 Å². The highest BCUT2D eigenvalue weighted by molar-refractivity contribution is 6.40. The molecule has 2 aliphatic heterocycles. The average molecular weight is 494 g/mol. The van der Waals surface area contributed by atoms with Gasteiger partial charge < -0.3 is 21.3 Å². The highest BCUT2D eigenvalue weighted by Crippen LogP contribution is 2.33. The van der Waals surface area contributed by atoms with E-state index in [1.54, 1.807) is 0 Å². The van der Waals surface area contributed by atoms with Crippen LogP contribution in [0.3, 0.4) is 0 Å². The molecule has 7 nitrogen and oxygen atoms in total. The van der Waals surface area contributed by atoms with Crippen molar-refractivity contribution in [1.82, 2.24) is 15.6 Å². The molecule has 2 aliphatic rings. The Balaban J connectivity index is 1.28. The molecule has 2 unspecified atom stereocenters. The van der Waals surface area contributed by atoms with Gasteiger partial charge in [-0.1, -0.05) is 11.6 Å². The van der Waals surface area contributed by atoms with E-state index in [1.165, 1.54) is 12.8 Å². The highest BCUT2D eigenvalue weighted by atomic mass is 35.5. The van der Waals surface area contributed by atoms with Crippen LogP contribution in [0, 0.1) is 0 Å². The summed E-state index contributed by atoms with van der Waals surface area (Å²) in [5.74, 6) is 0.00134. The van der Waals surface area contributed by atoms with Gasteiger partial charge in [-0.2, -0.15) is 0 Å². The first-order chi connectivity index (χ1) is 17.0. The van der Waals surface area contributed by atoms with E-state index in [4.69, 9.17) is 16.6 Å². The third-order valence-electron chi connectivity index (χ3n) is 7.04. The molecule has 0 aliphatic carbocycles. The van der Waals surface area contributed by atoms with Crippen molar-refractivity contribution in [2.45, 2.75) is 63.5 Å². The summed E-state index contributed by atoms with van der Waals surface area (Å²) in [6.45, 7) is 2.08. The lowest BCUT2D eigenvalue weighted by Gasteiger charge is -2.12. The Morgan fingerprint density at radius 3 is 1.74 bits per heavy atom. The van der Waals surface area contributed by atoms with Crippen molar-refractivity contribution in [3.8, 4) is 0 Å². The second-order valence-electron chi connectivity index (χ2n) is 9.65. The number of pyridine rings is 1. The molecule has 2 aromatic carbocycles. The third-order valence-corrected chi connectivity index (χ3v) is 7.45. The first-order valence-electron chi connectivity index (χ1n) is 12.6. The number of amides is 2. The third kappa shape index (κ3) is 5.92. The van der Waals surface area contributed by atoms with Crippen LogP contribution in [0.1, 0.15) is 51.4 Å². The molecule has 184 valence electrons. The highest BCUT2D eigenvalue weighted by Gasteiger charge is 2.17. The minimum atomic E-state index is 0.000670. The number of hydrogen-bond donors (Lipinski definition) is 4. The summed E-state index contributed by atoms with van der Waals surface area (Å²) in [6.07, 6.45) is 7.30. The molecular weight excluding hydrogens is 462 g/mol. The monoisotopic (exact) mass is 493 g/mol. The molecule has 0 bridgehead atoms. The zero-order valence-corrected chi connectivity index (χ0v) is 20.6. The molecule has 2 atom stereocenters. The van der Waals surface area contributed by atoms with Gasteiger partial charge in [-0.25, -0.2) is 4.98 Å². The molecular formula is C27H32ClN5O2. The molecule has 0 saturated carbocycles. The van der Waals surface area contributed by atoms with Gasteiger partial charge >= 0.3 is 0 Å². The van der Waals surface area contributed by atoms with Crippen LogP contribution in [-0.2, 0) is 9.59 Å².